The van der Waals surface area contributed by atoms with Crippen molar-refractivity contribution in [3.63, 3.8) is 0 Å². The SMILES string of the molecule is C[C@@H]1CN(Cc2ccc(C(F)(F)F)cc2)C[C@@H](C)O1. The molecule has 2 atom stereocenters. The Labute approximate surface area is 111 Å². The van der Waals surface area contributed by atoms with E-state index in [-0.39, 0.29) is 12.2 Å². The second kappa shape index (κ2) is 5.51. The van der Waals surface area contributed by atoms with Crippen molar-refractivity contribution >= 4 is 0 Å². The lowest BCUT2D eigenvalue weighted by Crippen LogP contribution is -2.44. The van der Waals surface area contributed by atoms with Gasteiger partial charge in [-0.25, -0.2) is 0 Å². The van der Waals surface area contributed by atoms with Gasteiger partial charge in [0.05, 0.1) is 17.8 Å². The summed E-state index contributed by atoms with van der Waals surface area (Å²) in [7, 11) is 0. The Morgan fingerprint density at radius 1 is 1.11 bits per heavy atom. The van der Waals surface area contributed by atoms with Gasteiger partial charge in [0.2, 0.25) is 0 Å². The lowest BCUT2D eigenvalue weighted by molar-refractivity contribution is -0.137. The molecular weight excluding hydrogens is 255 g/mol. The zero-order valence-electron chi connectivity index (χ0n) is 11.1. The van der Waals surface area contributed by atoms with Gasteiger partial charge in [0.15, 0.2) is 0 Å². The van der Waals surface area contributed by atoms with Gasteiger partial charge in [-0.1, -0.05) is 12.1 Å². The summed E-state index contributed by atoms with van der Waals surface area (Å²) < 4.78 is 43.0. The molecule has 5 heteroatoms. The topological polar surface area (TPSA) is 12.5 Å². The number of morpholine rings is 1. The number of rotatable bonds is 2. The fourth-order valence-corrected chi connectivity index (χ4v) is 2.47. The zero-order valence-corrected chi connectivity index (χ0v) is 11.1. The van der Waals surface area contributed by atoms with Crippen molar-refractivity contribution in [3.05, 3.63) is 35.4 Å². The van der Waals surface area contributed by atoms with Crippen LogP contribution >= 0.6 is 0 Å². The van der Waals surface area contributed by atoms with E-state index < -0.39 is 11.7 Å². The molecule has 0 aromatic heterocycles. The molecule has 1 saturated heterocycles. The number of hydrogen-bond acceptors (Lipinski definition) is 2. The summed E-state index contributed by atoms with van der Waals surface area (Å²) in [4.78, 5) is 2.21. The molecule has 0 unspecified atom stereocenters. The van der Waals surface area contributed by atoms with E-state index in [0.29, 0.717) is 6.54 Å². The summed E-state index contributed by atoms with van der Waals surface area (Å²) in [6.45, 7) is 6.30. The number of halogens is 3. The van der Waals surface area contributed by atoms with Crippen LogP contribution < -0.4 is 0 Å². The highest BCUT2D eigenvalue weighted by Gasteiger charge is 2.30. The number of hydrogen-bond donors (Lipinski definition) is 0. The quantitative estimate of drug-likeness (QED) is 0.819. The minimum absolute atomic E-state index is 0.165. The molecule has 0 amide bonds. The molecule has 1 fully saturated rings. The molecule has 0 bridgehead atoms. The van der Waals surface area contributed by atoms with E-state index in [1.54, 1.807) is 12.1 Å². The van der Waals surface area contributed by atoms with Gasteiger partial charge in [-0.2, -0.15) is 13.2 Å². The molecule has 1 aromatic rings. The van der Waals surface area contributed by atoms with Crippen molar-refractivity contribution in [2.24, 2.45) is 0 Å². The van der Waals surface area contributed by atoms with Crippen LogP contribution in [0.4, 0.5) is 13.2 Å². The minimum Gasteiger partial charge on any atom is -0.373 e. The van der Waals surface area contributed by atoms with Crippen molar-refractivity contribution in [3.8, 4) is 0 Å². The Kier molecular flexibility index (Phi) is 4.16. The molecule has 1 aliphatic rings. The molecule has 0 radical (unpaired) electrons. The lowest BCUT2D eigenvalue weighted by Gasteiger charge is -2.35. The fraction of sp³-hybridized carbons (Fsp3) is 0.571. The first-order valence-corrected chi connectivity index (χ1v) is 6.38. The number of alkyl halides is 3. The molecular formula is C14H18F3NO. The van der Waals surface area contributed by atoms with E-state index in [2.05, 4.69) is 4.90 Å². The summed E-state index contributed by atoms with van der Waals surface area (Å²) in [5.74, 6) is 0. The van der Waals surface area contributed by atoms with Crippen molar-refractivity contribution in [2.75, 3.05) is 13.1 Å². The molecule has 2 rings (SSSR count). The minimum atomic E-state index is -4.26. The van der Waals surface area contributed by atoms with Crippen LogP contribution in [-0.2, 0) is 17.5 Å². The van der Waals surface area contributed by atoms with Gasteiger partial charge in [0, 0.05) is 19.6 Å². The monoisotopic (exact) mass is 273 g/mol. The van der Waals surface area contributed by atoms with Crippen LogP contribution in [-0.4, -0.2) is 30.2 Å². The Morgan fingerprint density at radius 3 is 2.11 bits per heavy atom. The van der Waals surface area contributed by atoms with E-state index in [4.69, 9.17) is 4.74 Å². The maximum Gasteiger partial charge on any atom is 0.416 e. The molecule has 0 spiro atoms. The van der Waals surface area contributed by atoms with Gasteiger partial charge in [-0.05, 0) is 31.5 Å². The van der Waals surface area contributed by atoms with Crippen molar-refractivity contribution < 1.29 is 17.9 Å². The third-order valence-corrected chi connectivity index (χ3v) is 3.18. The van der Waals surface area contributed by atoms with Gasteiger partial charge in [0.1, 0.15) is 0 Å². The zero-order chi connectivity index (χ0) is 14.0. The highest BCUT2D eigenvalue weighted by atomic mass is 19.4. The average molecular weight is 273 g/mol. The second-order valence-electron chi connectivity index (χ2n) is 5.15. The molecule has 106 valence electrons. The maximum atomic E-state index is 12.5. The van der Waals surface area contributed by atoms with Crippen molar-refractivity contribution in [1.29, 1.82) is 0 Å². The molecule has 19 heavy (non-hydrogen) atoms. The van der Waals surface area contributed by atoms with Crippen LogP contribution in [0, 0.1) is 0 Å². The predicted molar refractivity (Wildman–Crippen MR) is 66.7 cm³/mol. The van der Waals surface area contributed by atoms with Crippen LogP contribution in [0.3, 0.4) is 0 Å². The Bertz CT molecular complexity index is 406. The van der Waals surface area contributed by atoms with Gasteiger partial charge < -0.3 is 4.74 Å². The van der Waals surface area contributed by atoms with E-state index in [0.717, 1.165) is 30.8 Å². The number of ether oxygens (including phenoxy) is 1. The van der Waals surface area contributed by atoms with Crippen LogP contribution in [0.1, 0.15) is 25.0 Å². The van der Waals surface area contributed by atoms with E-state index in [1.807, 2.05) is 13.8 Å². The normalized spacial score (nSPS) is 25.5. The van der Waals surface area contributed by atoms with Gasteiger partial charge >= 0.3 is 6.18 Å². The molecule has 0 N–H and O–H groups in total. The molecule has 0 saturated carbocycles. The molecule has 1 aliphatic heterocycles. The van der Waals surface area contributed by atoms with Crippen LogP contribution in [0.25, 0.3) is 0 Å². The van der Waals surface area contributed by atoms with Gasteiger partial charge in [-0.3, -0.25) is 4.90 Å². The molecule has 1 aromatic carbocycles. The lowest BCUT2D eigenvalue weighted by atomic mass is 10.1. The largest absolute Gasteiger partial charge is 0.416 e. The number of nitrogens with zero attached hydrogens (tertiary/aromatic N) is 1. The first-order valence-electron chi connectivity index (χ1n) is 6.38. The van der Waals surface area contributed by atoms with Crippen LogP contribution in [0.5, 0.6) is 0 Å². The smallest absolute Gasteiger partial charge is 0.373 e. The molecule has 0 aliphatic carbocycles. The Hall–Kier alpha value is -1.07. The van der Waals surface area contributed by atoms with Crippen LogP contribution in [0.15, 0.2) is 24.3 Å². The van der Waals surface area contributed by atoms with E-state index in [1.165, 1.54) is 0 Å². The average Bonchev–Trinajstić information content (AvgIpc) is 2.26. The fourth-order valence-electron chi connectivity index (χ4n) is 2.47. The Morgan fingerprint density at radius 2 is 1.63 bits per heavy atom. The van der Waals surface area contributed by atoms with E-state index in [9.17, 15) is 13.2 Å². The first-order chi connectivity index (χ1) is 8.84. The maximum absolute atomic E-state index is 12.5. The first kappa shape index (κ1) is 14.3. The summed E-state index contributed by atoms with van der Waals surface area (Å²) >= 11 is 0. The highest BCUT2D eigenvalue weighted by Crippen LogP contribution is 2.29. The summed E-state index contributed by atoms with van der Waals surface area (Å²) in [6.07, 6.45) is -3.93. The summed E-state index contributed by atoms with van der Waals surface area (Å²) in [5, 5.41) is 0. The molecule has 1 heterocycles. The second-order valence-corrected chi connectivity index (χ2v) is 5.15. The third kappa shape index (κ3) is 3.94. The van der Waals surface area contributed by atoms with Gasteiger partial charge in [0.25, 0.3) is 0 Å². The third-order valence-electron chi connectivity index (χ3n) is 3.18. The number of benzene rings is 1. The van der Waals surface area contributed by atoms with Gasteiger partial charge in [-0.15, -0.1) is 0 Å². The predicted octanol–water partition coefficient (Wildman–Crippen LogP) is 3.31. The van der Waals surface area contributed by atoms with Crippen LogP contribution in [0.2, 0.25) is 0 Å². The summed E-state index contributed by atoms with van der Waals surface area (Å²) in [5.41, 5.74) is 0.300. The highest BCUT2D eigenvalue weighted by molar-refractivity contribution is 5.24. The van der Waals surface area contributed by atoms with E-state index >= 15 is 0 Å². The molecule has 2 nitrogen and oxygen atoms in total. The van der Waals surface area contributed by atoms with Crippen molar-refractivity contribution in [1.82, 2.24) is 4.90 Å². The Balaban J connectivity index is 1.99. The standard InChI is InChI=1S/C14H18F3NO/c1-10-7-18(8-11(2)19-10)9-12-3-5-13(6-4-12)14(15,16)17/h3-6,10-11H,7-9H2,1-2H3/t10-,11-/m1/s1. The van der Waals surface area contributed by atoms with Crippen molar-refractivity contribution in [2.45, 2.75) is 38.8 Å². The summed E-state index contributed by atoms with van der Waals surface area (Å²) in [6, 6.07) is 5.38.